The van der Waals surface area contributed by atoms with E-state index in [0.29, 0.717) is 0 Å². The molecule has 0 aromatic rings. The Morgan fingerprint density at radius 1 is 1.60 bits per heavy atom. The van der Waals surface area contributed by atoms with Gasteiger partial charge in [0.25, 0.3) is 0 Å². The number of rotatable bonds is 2. The molecule has 1 aliphatic heterocycles. The van der Waals surface area contributed by atoms with Crippen LogP contribution in [0.5, 0.6) is 0 Å². The number of carbonyl (C=O) groups is 1. The molecule has 0 spiro atoms. The summed E-state index contributed by atoms with van der Waals surface area (Å²) in [5.41, 5.74) is 1.50. The van der Waals surface area contributed by atoms with Gasteiger partial charge in [0, 0.05) is 25.0 Å². The zero-order valence-electron chi connectivity index (χ0n) is 9.42. The van der Waals surface area contributed by atoms with Gasteiger partial charge in [-0.3, -0.25) is 0 Å². The van der Waals surface area contributed by atoms with Crippen LogP contribution in [0, 0.1) is 5.41 Å². The molecule has 0 aromatic carbocycles. The van der Waals surface area contributed by atoms with Gasteiger partial charge in [0.15, 0.2) is 0 Å². The van der Waals surface area contributed by atoms with Gasteiger partial charge in [-0.2, -0.15) is 0 Å². The Labute approximate surface area is 90.8 Å². The summed E-state index contributed by atoms with van der Waals surface area (Å²) in [6.45, 7) is 6.80. The second kappa shape index (κ2) is 3.72. The van der Waals surface area contributed by atoms with Crippen molar-refractivity contribution in [3.63, 3.8) is 0 Å². The Kier molecular flexibility index (Phi) is 2.55. The molecule has 15 heavy (non-hydrogen) atoms. The molecule has 1 atom stereocenters. The fourth-order valence-corrected chi connectivity index (χ4v) is 2.41. The van der Waals surface area contributed by atoms with E-state index in [2.05, 4.69) is 37.4 Å². The first-order chi connectivity index (χ1) is 7.09. The SMILES string of the molecule is CC1=CC=CC(C)(CN2CCNC2=O)C1. The summed E-state index contributed by atoms with van der Waals surface area (Å²) in [5.74, 6) is 0. The number of carbonyl (C=O) groups excluding carboxylic acids is 1. The van der Waals surface area contributed by atoms with Crippen LogP contribution in [0.1, 0.15) is 20.3 Å². The largest absolute Gasteiger partial charge is 0.336 e. The van der Waals surface area contributed by atoms with E-state index in [-0.39, 0.29) is 11.4 Å². The van der Waals surface area contributed by atoms with Crippen LogP contribution in [0.15, 0.2) is 23.8 Å². The van der Waals surface area contributed by atoms with Crippen LogP contribution in [-0.2, 0) is 0 Å². The van der Waals surface area contributed by atoms with Gasteiger partial charge in [-0.15, -0.1) is 0 Å². The Morgan fingerprint density at radius 2 is 2.40 bits per heavy atom. The third kappa shape index (κ3) is 2.22. The summed E-state index contributed by atoms with van der Waals surface area (Å²) in [7, 11) is 0. The van der Waals surface area contributed by atoms with Gasteiger partial charge in [0.1, 0.15) is 0 Å². The van der Waals surface area contributed by atoms with Crippen LogP contribution in [-0.4, -0.2) is 30.6 Å². The van der Waals surface area contributed by atoms with Crippen LogP contribution >= 0.6 is 0 Å². The minimum absolute atomic E-state index is 0.0804. The van der Waals surface area contributed by atoms with E-state index >= 15 is 0 Å². The summed E-state index contributed by atoms with van der Waals surface area (Å²) in [6.07, 6.45) is 7.51. The molecule has 0 bridgehead atoms. The second-order valence-electron chi connectivity index (χ2n) is 4.86. The van der Waals surface area contributed by atoms with Crippen LogP contribution in [0.2, 0.25) is 0 Å². The lowest BCUT2D eigenvalue weighted by Crippen LogP contribution is -2.37. The number of hydrogen-bond donors (Lipinski definition) is 1. The highest BCUT2D eigenvalue weighted by Crippen LogP contribution is 2.32. The lowest BCUT2D eigenvalue weighted by atomic mass is 9.80. The molecule has 1 fully saturated rings. The summed E-state index contributed by atoms with van der Waals surface area (Å²) >= 11 is 0. The van der Waals surface area contributed by atoms with E-state index in [9.17, 15) is 4.79 Å². The molecule has 0 saturated carbocycles. The van der Waals surface area contributed by atoms with E-state index in [1.807, 2.05) is 4.90 Å². The maximum absolute atomic E-state index is 11.4. The van der Waals surface area contributed by atoms with Crippen LogP contribution < -0.4 is 5.32 Å². The first-order valence-electron chi connectivity index (χ1n) is 5.47. The molecule has 2 amide bonds. The molecule has 3 heteroatoms. The molecule has 1 saturated heterocycles. The van der Waals surface area contributed by atoms with E-state index in [0.717, 1.165) is 26.1 Å². The number of allylic oxidation sites excluding steroid dienone is 3. The number of urea groups is 1. The van der Waals surface area contributed by atoms with Crippen molar-refractivity contribution >= 4 is 6.03 Å². The van der Waals surface area contributed by atoms with E-state index in [1.54, 1.807) is 0 Å². The topological polar surface area (TPSA) is 32.3 Å². The Bertz CT molecular complexity index is 333. The van der Waals surface area contributed by atoms with Crippen LogP contribution in [0.4, 0.5) is 4.79 Å². The molecule has 2 aliphatic rings. The maximum Gasteiger partial charge on any atom is 0.317 e. The molecule has 1 heterocycles. The fraction of sp³-hybridized carbons (Fsp3) is 0.583. The predicted molar refractivity (Wildman–Crippen MR) is 60.6 cm³/mol. The van der Waals surface area contributed by atoms with Gasteiger partial charge in [-0.1, -0.05) is 30.7 Å². The van der Waals surface area contributed by atoms with Crippen molar-refractivity contribution < 1.29 is 4.79 Å². The quantitative estimate of drug-likeness (QED) is 0.735. The van der Waals surface area contributed by atoms with Gasteiger partial charge in [-0.25, -0.2) is 4.79 Å². The molecule has 1 unspecified atom stereocenters. The zero-order chi connectivity index (χ0) is 10.9. The number of amides is 2. The highest BCUT2D eigenvalue weighted by molar-refractivity contribution is 5.76. The normalized spacial score (nSPS) is 30.4. The van der Waals surface area contributed by atoms with Crippen molar-refractivity contribution in [3.05, 3.63) is 23.8 Å². The molecule has 1 N–H and O–H groups in total. The van der Waals surface area contributed by atoms with Gasteiger partial charge in [0.2, 0.25) is 0 Å². The van der Waals surface area contributed by atoms with Crippen molar-refractivity contribution in [2.24, 2.45) is 5.41 Å². The Balaban J connectivity index is 2.02. The van der Waals surface area contributed by atoms with E-state index in [1.165, 1.54) is 5.57 Å². The summed E-state index contributed by atoms with van der Waals surface area (Å²) in [5, 5.41) is 2.84. The molecule has 82 valence electrons. The molecule has 1 aliphatic carbocycles. The third-order valence-corrected chi connectivity index (χ3v) is 3.06. The first-order valence-corrected chi connectivity index (χ1v) is 5.47. The number of hydrogen-bond acceptors (Lipinski definition) is 1. The van der Waals surface area contributed by atoms with Gasteiger partial charge >= 0.3 is 6.03 Å². The van der Waals surface area contributed by atoms with Gasteiger partial charge < -0.3 is 10.2 Å². The average molecular weight is 206 g/mol. The van der Waals surface area contributed by atoms with Gasteiger partial charge in [0.05, 0.1) is 0 Å². The van der Waals surface area contributed by atoms with Crippen molar-refractivity contribution in [1.29, 1.82) is 0 Å². The summed E-state index contributed by atoms with van der Waals surface area (Å²) in [4.78, 5) is 13.4. The van der Waals surface area contributed by atoms with Gasteiger partial charge in [-0.05, 0) is 13.3 Å². The molecule has 0 radical (unpaired) electrons. The lowest BCUT2D eigenvalue weighted by Gasteiger charge is -2.32. The van der Waals surface area contributed by atoms with Crippen molar-refractivity contribution in [2.75, 3.05) is 19.6 Å². The standard InChI is InChI=1S/C12H18N2O/c1-10-4-3-5-12(2,8-10)9-14-7-6-13-11(14)15/h3-5H,6-9H2,1-2H3,(H,13,15). The zero-order valence-corrected chi connectivity index (χ0v) is 9.42. The number of nitrogens with zero attached hydrogens (tertiary/aromatic N) is 1. The smallest absolute Gasteiger partial charge is 0.317 e. The number of nitrogens with one attached hydrogen (secondary N) is 1. The van der Waals surface area contributed by atoms with Crippen LogP contribution in [0.3, 0.4) is 0 Å². The average Bonchev–Trinajstić information content (AvgIpc) is 2.50. The van der Waals surface area contributed by atoms with Crippen molar-refractivity contribution in [3.8, 4) is 0 Å². The highest BCUT2D eigenvalue weighted by atomic mass is 16.2. The summed E-state index contributed by atoms with van der Waals surface area (Å²) < 4.78 is 0. The third-order valence-electron chi connectivity index (χ3n) is 3.06. The van der Waals surface area contributed by atoms with Crippen LogP contribution in [0.25, 0.3) is 0 Å². The maximum atomic E-state index is 11.4. The van der Waals surface area contributed by atoms with Crippen molar-refractivity contribution in [1.82, 2.24) is 10.2 Å². The van der Waals surface area contributed by atoms with E-state index < -0.39 is 0 Å². The lowest BCUT2D eigenvalue weighted by molar-refractivity contribution is 0.197. The molecule has 3 nitrogen and oxygen atoms in total. The molecule has 0 aromatic heterocycles. The Hall–Kier alpha value is -1.25. The molecular formula is C12H18N2O. The minimum atomic E-state index is 0.0804. The highest BCUT2D eigenvalue weighted by Gasteiger charge is 2.30. The predicted octanol–water partition coefficient (Wildman–Crippen LogP) is 1.92. The molecule has 2 rings (SSSR count). The van der Waals surface area contributed by atoms with Crippen molar-refractivity contribution in [2.45, 2.75) is 20.3 Å². The monoisotopic (exact) mass is 206 g/mol. The minimum Gasteiger partial charge on any atom is -0.336 e. The first kappa shape index (κ1) is 10.3. The van der Waals surface area contributed by atoms with E-state index in [4.69, 9.17) is 0 Å². The fourth-order valence-electron chi connectivity index (χ4n) is 2.41. The summed E-state index contributed by atoms with van der Waals surface area (Å²) in [6, 6.07) is 0.0804. The molecular weight excluding hydrogens is 188 g/mol. The second-order valence-corrected chi connectivity index (χ2v) is 4.86. The Morgan fingerprint density at radius 3 is 3.00 bits per heavy atom.